The normalized spacial score (nSPS) is 12.3. The minimum Gasteiger partial charge on any atom is -0.489 e. The van der Waals surface area contributed by atoms with E-state index < -0.39 is 6.10 Å². The van der Waals surface area contributed by atoms with E-state index >= 15 is 0 Å². The van der Waals surface area contributed by atoms with Crippen molar-refractivity contribution in [3.8, 4) is 28.6 Å². The highest BCUT2D eigenvalue weighted by Gasteiger charge is 2.17. The second-order valence-electron chi connectivity index (χ2n) is 7.73. The molecular formula is C22H27ClN4O4. The van der Waals surface area contributed by atoms with Crippen LogP contribution >= 0.6 is 11.6 Å². The summed E-state index contributed by atoms with van der Waals surface area (Å²) in [4.78, 5) is 11.2. The van der Waals surface area contributed by atoms with Crippen LogP contribution in [-0.2, 0) is 0 Å². The molecular weight excluding hydrogens is 420 g/mol. The lowest BCUT2D eigenvalue weighted by Crippen LogP contribution is -2.26. The van der Waals surface area contributed by atoms with E-state index in [-0.39, 0.29) is 13.2 Å². The number of anilines is 1. The number of aryl methyl sites for hydroxylation is 2. The maximum atomic E-state index is 9.49. The fraction of sp³-hybridized carbons (Fsp3) is 0.409. The number of rotatable bonds is 8. The lowest BCUT2D eigenvalue weighted by atomic mass is 10.1. The molecule has 0 unspecified atom stereocenters. The van der Waals surface area contributed by atoms with E-state index in [0.29, 0.717) is 34.1 Å². The van der Waals surface area contributed by atoms with Gasteiger partial charge in [0.2, 0.25) is 5.82 Å². The number of benzene rings is 1. The van der Waals surface area contributed by atoms with Crippen LogP contribution in [0.2, 0.25) is 5.02 Å². The summed E-state index contributed by atoms with van der Waals surface area (Å²) in [6.45, 7) is 7.50. The van der Waals surface area contributed by atoms with Crippen LogP contribution in [0.25, 0.3) is 22.8 Å². The van der Waals surface area contributed by atoms with Gasteiger partial charge in [-0.3, -0.25) is 0 Å². The molecule has 31 heavy (non-hydrogen) atoms. The highest BCUT2D eigenvalue weighted by molar-refractivity contribution is 6.32. The van der Waals surface area contributed by atoms with Crippen molar-refractivity contribution in [1.82, 2.24) is 15.1 Å². The Morgan fingerprint density at radius 1 is 1.13 bits per heavy atom. The summed E-state index contributed by atoms with van der Waals surface area (Å²) in [5, 5.41) is 22.9. The summed E-state index contributed by atoms with van der Waals surface area (Å²) >= 11 is 6.37. The molecule has 1 aromatic carbocycles. The largest absolute Gasteiger partial charge is 0.489 e. The SMILES string of the molecule is Cc1cc(-c2nc(-c3cc(C)c(OC[C@H](O)CO)c(Cl)c3)no2)cc(N(C)C(C)C)n1. The average molecular weight is 447 g/mol. The lowest BCUT2D eigenvalue weighted by Gasteiger charge is -2.23. The number of aromatic nitrogens is 3. The Morgan fingerprint density at radius 2 is 1.87 bits per heavy atom. The number of aliphatic hydroxyl groups excluding tert-OH is 2. The third-order valence-corrected chi connectivity index (χ3v) is 5.15. The monoisotopic (exact) mass is 446 g/mol. The van der Waals surface area contributed by atoms with E-state index in [0.717, 1.165) is 22.6 Å². The Labute approximate surface area is 186 Å². The molecule has 3 aromatic rings. The van der Waals surface area contributed by atoms with Crippen molar-refractivity contribution in [2.24, 2.45) is 0 Å². The number of nitrogens with zero attached hydrogens (tertiary/aromatic N) is 4. The van der Waals surface area contributed by atoms with Crippen LogP contribution in [0, 0.1) is 13.8 Å². The van der Waals surface area contributed by atoms with E-state index in [2.05, 4.69) is 33.9 Å². The van der Waals surface area contributed by atoms with Crippen molar-refractivity contribution in [1.29, 1.82) is 0 Å². The van der Waals surface area contributed by atoms with Crippen LogP contribution in [0.5, 0.6) is 5.75 Å². The fourth-order valence-electron chi connectivity index (χ4n) is 2.95. The molecule has 0 spiro atoms. The Bertz CT molecular complexity index is 1030. The third kappa shape index (κ3) is 5.33. The van der Waals surface area contributed by atoms with Gasteiger partial charge in [-0.1, -0.05) is 16.8 Å². The van der Waals surface area contributed by atoms with Crippen LogP contribution in [0.1, 0.15) is 25.1 Å². The molecule has 0 amide bonds. The summed E-state index contributed by atoms with van der Waals surface area (Å²) in [6, 6.07) is 7.63. The average Bonchev–Trinajstić information content (AvgIpc) is 3.22. The highest BCUT2D eigenvalue weighted by atomic mass is 35.5. The minimum atomic E-state index is -0.974. The fourth-order valence-corrected chi connectivity index (χ4v) is 3.27. The molecule has 0 aliphatic rings. The van der Waals surface area contributed by atoms with Gasteiger partial charge in [-0.15, -0.1) is 0 Å². The molecule has 9 heteroatoms. The Morgan fingerprint density at radius 3 is 2.52 bits per heavy atom. The van der Waals surface area contributed by atoms with E-state index in [1.807, 2.05) is 39.1 Å². The molecule has 0 radical (unpaired) electrons. The standard InChI is InChI=1S/C22H27ClN4O4/c1-12(2)27(5)19-9-16(7-14(4)24-19)22-25-21(26-31-22)15-6-13(3)20(18(23)8-15)30-11-17(29)10-28/h6-9,12,17,28-29H,10-11H2,1-5H3/t17-/m1/s1. The van der Waals surface area contributed by atoms with Crippen molar-refractivity contribution >= 4 is 17.4 Å². The number of pyridine rings is 1. The Balaban J connectivity index is 1.89. The molecule has 2 aromatic heterocycles. The molecule has 0 aliphatic heterocycles. The second kappa shape index (κ2) is 9.64. The first-order chi connectivity index (χ1) is 14.7. The topological polar surface area (TPSA) is 105 Å². The summed E-state index contributed by atoms with van der Waals surface area (Å²) in [7, 11) is 1.99. The van der Waals surface area contributed by atoms with Gasteiger partial charge in [0.05, 0.1) is 11.6 Å². The van der Waals surface area contributed by atoms with Crippen LogP contribution in [0.3, 0.4) is 0 Å². The lowest BCUT2D eigenvalue weighted by molar-refractivity contribution is 0.0534. The maximum absolute atomic E-state index is 9.49. The zero-order chi connectivity index (χ0) is 22.7. The quantitative estimate of drug-likeness (QED) is 0.540. The zero-order valence-corrected chi connectivity index (χ0v) is 19.0. The van der Waals surface area contributed by atoms with Gasteiger partial charge >= 0.3 is 0 Å². The maximum Gasteiger partial charge on any atom is 0.258 e. The highest BCUT2D eigenvalue weighted by Crippen LogP contribution is 2.34. The predicted molar refractivity (Wildman–Crippen MR) is 120 cm³/mol. The number of halogens is 1. The zero-order valence-electron chi connectivity index (χ0n) is 18.3. The molecule has 0 aliphatic carbocycles. The first-order valence-corrected chi connectivity index (χ1v) is 10.3. The van der Waals surface area contributed by atoms with E-state index in [1.54, 1.807) is 6.07 Å². The summed E-state index contributed by atoms with van der Waals surface area (Å²) in [6.07, 6.45) is -0.974. The van der Waals surface area contributed by atoms with Crippen molar-refractivity contribution < 1.29 is 19.5 Å². The molecule has 0 fully saturated rings. The third-order valence-electron chi connectivity index (χ3n) is 4.87. The Hall–Kier alpha value is -2.68. The second-order valence-corrected chi connectivity index (χ2v) is 8.14. The van der Waals surface area contributed by atoms with Crippen molar-refractivity contribution in [2.45, 2.75) is 39.8 Å². The molecule has 2 heterocycles. The van der Waals surface area contributed by atoms with Gasteiger partial charge in [0.15, 0.2) is 0 Å². The van der Waals surface area contributed by atoms with Gasteiger partial charge in [-0.2, -0.15) is 4.98 Å². The van der Waals surface area contributed by atoms with Crippen LogP contribution < -0.4 is 9.64 Å². The smallest absolute Gasteiger partial charge is 0.258 e. The van der Waals surface area contributed by atoms with Crippen LogP contribution in [-0.4, -0.2) is 57.7 Å². The summed E-state index contributed by atoms with van der Waals surface area (Å²) in [5.41, 5.74) is 3.07. The van der Waals surface area contributed by atoms with Crippen LogP contribution in [0.4, 0.5) is 5.82 Å². The molecule has 0 saturated carbocycles. The molecule has 3 rings (SSSR count). The first kappa shape index (κ1) is 23.0. The number of aliphatic hydroxyl groups is 2. The minimum absolute atomic E-state index is 0.0582. The first-order valence-electron chi connectivity index (χ1n) is 9.97. The van der Waals surface area contributed by atoms with Gasteiger partial charge in [0.25, 0.3) is 5.89 Å². The summed E-state index contributed by atoms with van der Waals surface area (Å²) in [5.74, 6) is 2.05. The number of hydrogen-bond acceptors (Lipinski definition) is 8. The molecule has 0 saturated heterocycles. The molecule has 1 atom stereocenters. The van der Waals surface area contributed by atoms with Gasteiger partial charge in [0.1, 0.15) is 24.3 Å². The molecule has 8 nitrogen and oxygen atoms in total. The predicted octanol–water partition coefficient (Wildman–Crippen LogP) is 3.65. The van der Waals surface area contributed by atoms with E-state index in [9.17, 15) is 5.11 Å². The molecule has 0 bridgehead atoms. The van der Waals surface area contributed by atoms with Crippen LogP contribution in [0.15, 0.2) is 28.8 Å². The van der Waals surface area contributed by atoms with Crippen molar-refractivity contribution in [2.75, 3.05) is 25.2 Å². The number of ether oxygens (including phenoxy) is 1. The summed E-state index contributed by atoms with van der Waals surface area (Å²) < 4.78 is 11.1. The van der Waals surface area contributed by atoms with E-state index in [4.69, 9.17) is 26.0 Å². The van der Waals surface area contributed by atoms with Gasteiger partial charge < -0.3 is 24.4 Å². The molecule has 2 N–H and O–H groups in total. The molecule has 166 valence electrons. The van der Waals surface area contributed by atoms with Gasteiger partial charge in [0, 0.05) is 29.9 Å². The van der Waals surface area contributed by atoms with Gasteiger partial charge in [-0.25, -0.2) is 4.98 Å². The van der Waals surface area contributed by atoms with Crippen molar-refractivity contribution in [3.05, 3.63) is 40.5 Å². The van der Waals surface area contributed by atoms with Gasteiger partial charge in [-0.05, 0) is 57.5 Å². The van der Waals surface area contributed by atoms with E-state index in [1.165, 1.54) is 0 Å². The van der Waals surface area contributed by atoms with Crippen molar-refractivity contribution in [3.63, 3.8) is 0 Å². The Kier molecular flexibility index (Phi) is 7.15. The number of hydrogen-bond donors (Lipinski definition) is 2.